The average molecular weight is 401 g/mol. The minimum Gasteiger partial charge on any atom is -0.388 e. The normalized spacial score (nSPS) is 36.8. The summed E-state index contributed by atoms with van der Waals surface area (Å²) in [5.74, 6) is 4.11. The van der Waals surface area contributed by atoms with Crippen LogP contribution >= 0.6 is 0 Å². The van der Waals surface area contributed by atoms with Crippen LogP contribution in [0.1, 0.15) is 111 Å². The van der Waals surface area contributed by atoms with Crippen LogP contribution in [0.15, 0.2) is 23.8 Å². The highest BCUT2D eigenvalue weighted by Crippen LogP contribution is 2.41. The second-order valence-corrected chi connectivity index (χ2v) is 10.9. The van der Waals surface area contributed by atoms with Gasteiger partial charge in [0.25, 0.3) is 0 Å². The van der Waals surface area contributed by atoms with Gasteiger partial charge in [-0.3, -0.25) is 0 Å². The lowest BCUT2D eigenvalue weighted by Gasteiger charge is -2.30. The molecule has 0 heterocycles. The highest BCUT2D eigenvalue weighted by atomic mass is 16.3. The Kier molecular flexibility index (Phi) is 9.35. The lowest BCUT2D eigenvalue weighted by atomic mass is 9.76. The molecule has 0 saturated heterocycles. The lowest BCUT2D eigenvalue weighted by molar-refractivity contribution is 0.168. The van der Waals surface area contributed by atoms with Crippen molar-refractivity contribution in [1.29, 1.82) is 0 Å². The Morgan fingerprint density at radius 2 is 1.72 bits per heavy atom. The zero-order chi connectivity index (χ0) is 20.6. The van der Waals surface area contributed by atoms with Gasteiger partial charge in [0.2, 0.25) is 0 Å². The fraction of sp³-hybridized carbons (Fsp3) is 0.857. The van der Waals surface area contributed by atoms with E-state index in [1.54, 1.807) is 0 Å². The number of rotatable bonds is 8. The van der Waals surface area contributed by atoms with Gasteiger partial charge in [0, 0.05) is 5.92 Å². The number of aliphatic hydroxyl groups is 1. The van der Waals surface area contributed by atoms with E-state index in [0.717, 1.165) is 24.2 Å². The first kappa shape index (κ1) is 23.1. The quantitative estimate of drug-likeness (QED) is 0.408. The summed E-state index contributed by atoms with van der Waals surface area (Å²) in [4.78, 5) is 0. The van der Waals surface area contributed by atoms with Crippen molar-refractivity contribution in [3.8, 4) is 0 Å². The van der Waals surface area contributed by atoms with Crippen LogP contribution < -0.4 is 0 Å². The van der Waals surface area contributed by atoms with Gasteiger partial charge in [-0.25, -0.2) is 0 Å². The standard InChI is InChI=1S/C28H48O/c1-4-10-24-13-8-9-14-25(24)20-26-19-22(3)27(28(26)29)18-16-21(2)15-17-23-11-6-5-7-12-23/h16,18,20-25,27-29H,4-15,17,19H2,1-3H3/b18-16+,26-20?. The van der Waals surface area contributed by atoms with Crippen LogP contribution in [0.4, 0.5) is 0 Å². The van der Waals surface area contributed by atoms with E-state index in [-0.39, 0.29) is 6.10 Å². The topological polar surface area (TPSA) is 20.2 Å². The Balaban J connectivity index is 1.52. The Hall–Kier alpha value is -0.560. The van der Waals surface area contributed by atoms with E-state index in [9.17, 15) is 5.11 Å². The van der Waals surface area contributed by atoms with Crippen molar-refractivity contribution in [2.45, 2.75) is 117 Å². The lowest BCUT2D eigenvalue weighted by Crippen LogP contribution is -2.20. The van der Waals surface area contributed by atoms with Gasteiger partial charge < -0.3 is 5.11 Å². The maximum Gasteiger partial charge on any atom is 0.0815 e. The van der Waals surface area contributed by atoms with Crippen LogP contribution in [-0.4, -0.2) is 11.2 Å². The average Bonchev–Trinajstić information content (AvgIpc) is 3.00. The molecule has 6 atom stereocenters. The summed E-state index contributed by atoms with van der Waals surface area (Å²) in [7, 11) is 0. The second-order valence-electron chi connectivity index (χ2n) is 10.9. The molecule has 0 aromatic heterocycles. The van der Waals surface area contributed by atoms with Crippen LogP contribution in [0.3, 0.4) is 0 Å². The van der Waals surface area contributed by atoms with E-state index in [4.69, 9.17) is 0 Å². The second kappa shape index (κ2) is 11.7. The summed E-state index contributed by atoms with van der Waals surface area (Å²) < 4.78 is 0. The van der Waals surface area contributed by atoms with E-state index in [1.165, 1.54) is 89.0 Å². The summed E-state index contributed by atoms with van der Waals surface area (Å²) in [5, 5.41) is 11.1. The van der Waals surface area contributed by atoms with Crippen LogP contribution in [-0.2, 0) is 0 Å². The molecule has 1 heteroatoms. The molecule has 0 amide bonds. The summed E-state index contributed by atoms with van der Waals surface area (Å²) in [6.07, 6.45) is 26.4. The van der Waals surface area contributed by atoms with Crippen LogP contribution in [0.25, 0.3) is 0 Å². The van der Waals surface area contributed by atoms with Gasteiger partial charge in [0.1, 0.15) is 0 Å². The fourth-order valence-corrected chi connectivity index (χ4v) is 6.50. The smallest absolute Gasteiger partial charge is 0.0815 e. The molecular weight excluding hydrogens is 352 g/mol. The summed E-state index contributed by atoms with van der Waals surface area (Å²) in [5.41, 5.74) is 1.36. The third-order valence-corrected chi connectivity index (χ3v) is 8.43. The predicted octanol–water partition coefficient (Wildman–Crippen LogP) is 8.09. The number of hydrogen-bond donors (Lipinski definition) is 1. The molecule has 0 aromatic carbocycles. The highest BCUT2D eigenvalue weighted by Gasteiger charge is 2.35. The Morgan fingerprint density at radius 1 is 1.00 bits per heavy atom. The molecule has 0 bridgehead atoms. The molecule has 3 aliphatic rings. The summed E-state index contributed by atoms with van der Waals surface area (Å²) >= 11 is 0. The van der Waals surface area contributed by atoms with Gasteiger partial charge in [-0.15, -0.1) is 0 Å². The van der Waals surface area contributed by atoms with E-state index >= 15 is 0 Å². The van der Waals surface area contributed by atoms with E-state index < -0.39 is 0 Å². The molecule has 1 N–H and O–H groups in total. The number of allylic oxidation sites excluding steroid dienone is 2. The maximum atomic E-state index is 11.1. The van der Waals surface area contributed by atoms with Crippen molar-refractivity contribution in [3.63, 3.8) is 0 Å². The predicted molar refractivity (Wildman–Crippen MR) is 126 cm³/mol. The van der Waals surface area contributed by atoms with Gasteiger partial charge in [-0.05, 0) is 67.3 Å². The molecular formula is C28H48O. The first-order valence-electron chi connectivity index (χ1n) is 13.2. The molecule has 3 saturated carbocycles. The van der Waals surface area contributed by atoms with Gasteiger partial charge in [-0.1, -0.05) is 96.8 Å². The first-order chi connectivity index (χ1) is 14.1. The van der Waals surface area contributed by atoms with Crippen molar-refractivity contribution >= 4 is 0 Å². The molecule has 1 nitrogen and oxygen atoms in total. The molecule has 0 spiro atoms. The monoisotopic (exact) mass is 400 g/mol. The van der Waals surface area contributed by atoms with Gasteiger partial charge in [-0.2, -0.15) is 0 Å². The van der Waals surface area contributed by atoms with Gasteiger partial charge in [0.15, 0.2) is 0 Å². The van der Waals surface area contributed by atoms with Crippen LogP contribution in [0.2, 0.25) is 0 Å². The zero-order valence-corrected chi connectivity index (χ0v) is 19.6. The zero-order valence-electron chi connectivity index (χ0n) is 19.6. The Labute approximate surface area is 181 Å². The molecule has 3 rings (SSSR count). The molecule has 6 unspecified atom stereocenters. The van der Waals surface area contributed by atoms with Crippen LogP contribution in [0, 0.1) is 35.5 Å². The molecule has 0 aromatic rings. The molecule has 166 valence electrons. The number of hydrogen-bond acceptors (Lipinski definition) is 1. The molecule has 29 heavy (non-hydrogen) atoms. The van der Waals surface area contributed by atoms with E-state index in [1.807, 2.05) is 0 Å². The van der Waals surface area contributed by atoms with E-state index in [0.29, 0.717) is 17.8 Å². The highest BCUT2D eigenvalue weighted by molar-refractivity contribution is 5.22. The third-order valence-electron chi connectivity index (χ3n) is 8.43. The maximum absolute atomic E-state index is 11.1. The third kappa shape index (κ3) is 6.71. The Bertz CT molecular complexity index is 524. The van der Waals surface area contributed by atoms with Crippen molar-refractivity contribution in [3.05, 3.63) is 23.8 Å². The van der Waals surface area contributed by atoms with E-state index in [2.05, 4.69) is 39.0 Å². The van der Waals surface area contributed by atoms with Crippen LogP contribution in [0.5, 0.6) is 0 Å². The summed E-state index contributed by atoms with van der Waals surface area (Å²) in [6, 6.07) is 0. The fourth-order valence-electron chi connectivity index (χ4n) is 6.50. The van der Waals surface area contributed by atoms with Crippen molar-refractivity contribution in [1.82, 2.24) is 0 Å². The van der Waals surface area contributed by atoms with Crippen molar-refractivity contribution in [2.75, 3.05) is 0 Å². The molecule has 0 aliphatic heterocycles. The molecule has 3 aliphatic carbocycles. The van der Waals surface area contributed by atoms with Gasteiger partial charge in [0.05, 0.1) is 6.10 Å². The minimum absolute atomic E-state index is 0.240. The van der Waals surface area contributed by atoms with Crippen molar-refractivity contribution in [2.24, 2.45) is 35.5 Å². The minimum atomic E-state index is -0.240. The molecule has 0 radical (unpaired) electrons. The van der Waals surface area contributed by atoms with Crippen molar-refractivity contribution < 1.29 is 5.11 Å². The number of aliphatic hydroxyl groups excluding tert-OH is 1. The first-order valence-corrected chi connectivity index (χ1v) is 13.2. The summed E-state index contributed by atoms with van der Waals surface area (Å²) in [6.45, 7) is 7.04. The largest absolute Gasteiger partial charge is 0.388 e. The Morgan fingerprint density at radius 3 is 2.48 bits per heavy atom. The molecule has 3 fully saturated rings. The SMILES string of the molecule is CCCC1CCCCC1C=C1CC(C)C(/C=C/C(C)CCC2CCCCC2)C1O. The van der Waals surface area contributed by atoms with Gasteiger partial charge >= 0.3 is 0 Å².